The number of aromatic hydroxyl groups is 1. The molecule has 0 saturated heterocycles. The maximum absolute atomic E-state index is 12.1. The predicted octanol–water partition coefficient (Wildman–Crippen LogP) is 4.11. The molecule has 1 aromatic rings. The average Bonchev–Trinajstić information content (AvgIpc) is 2.45. The van der Waals surface area contributed by atoms with Crippen LogP contribution in [0.4, 0.5) is 0 Å². The van der Waals surface area contributed by atoms with Gasteiger partial charge in [0.15, 0.2) is 5.78 Å². The van der Waals surface area contributed by atoms with Crippen molar-refractivity contribution in [2.75, 3.05) is 0 Å². The standard InChI is InChI=1S/C18H22O4/c1-6-12(4)18(21)22-13(5)14-7-8-16(19)15(10-14)17(20)9-11(2)3/h6-10,13,19H,1-5H3/t13-/m1/s1. The van der Waals surface area contributed by atoms with Crippen molar-refractivity contribution < 1.29 is 19.4 Å². The maximum atomic E-state index is 12.1. The van der Waals surface area contributed by atoms with E-state index >= 15 is 0 Å². The van der Waals surface area contributed by atoms with Crippen molar-refractivity contribution in [3.8, 4) is 5.75 Å². The van der Waals surface area contributed by atoms with Crippen LogP contribution in [0.3, 0.4) is 0 Å². The Labute approximate surface area is 131 Å². The van der Waals surface area contributed by atoms with Crippen LogP contribution in [0, 0.1) is 0 Å². The number of esters is 1. The Morgan fingerprint density at radius 2 is 1.86 bits per heavy atom. The van der Waals surface area contributed by atoms with Gasteiger partial charge in [-0.15, -0.1) is 0 Å². The van der Waals surface area contributed by atoms with E-state index in [1.54, 1.807) is 39.0 Å². The quantitative estimate of drug-likeness (QED) is 0.505. The molecule has 0 radical (unpaired) electrons. The molecule has 0 fully saturated rings. The molecule has 0 saturated carbocycles. The topological polar surface area (TPSA) is 63.6 Å². The van der Waals surface area contributed by atoms with Crippen LogP contribution < -0.4 is 0 Å². The van der Waals surface area contributed by atoms with Crippen molar-refractivity contribution >= 4 is 11.8 Å². The van der Waals surface area contributed by atoms with Crippen molar-refractivity contribution in [1.82, 2.24) is 0 Å². The minimum Gasteiger partial charge on any atom is -0.507 e. The Hall–Kier alpha value is -2.36. The zero-order valence-corrected chi connectivity index (χ0v) is 13.6. The average molecular weight is 302 g/mol. The molecule has 0 spiro atoms. The normalized spacial score (nSPS) is 12.5. The molecule has 1 rings (SSSR count). The van der Waals surface area contributed by atoms with Crippen molar-refractivity contribution in [2.24, 2.45) is 0 Å². The van der Waals surface area contributed by atoms with Gasteiger partial charge in [-0.25, -0.2) is 4.79 Å². The second-order valence-electron chi connectivity index (χ2n) is 5.38. The molecule has 0 aromatic heterocycles. The molecule has 0 bridgehead atoms. The van der Waals surface area contributed by atoms with E-state index < -0.39 is 12.1 Å². The van der Waals surface area contributed by atoms with Crippen LogP contribution in [0.15, 0.2) is 41.5 Å². The third kappa shape index (κ3) is 4.58. The Kier molecular flexibility index (Phi) is 6.11. The molecule has 0 aliphatic carbocycles. The first-order valence-corrected chi connectivity index (χ1v) is 7.12. The Bertz CT molecular complexity index is 634. The van der Waals surface area contributed by atoms with Crippen LogP contribution >= 0.6 is 0 Å². The summed E-state index contributed by atoms with van der Waals surface area (Å²) in [5.74, 6) is -0.767. The van der Waals surface area contributed by atoms with Crippen molar-refractivity contribution in [3.05, 3.63) is 52.6 Å². The molecule has 118 valence electrons. The highest BCUT2D eigenvalue weighted by Crippen LogP contribution is 2.25. The van der Waals surface area contributed by atoms with Gasteiger partial charge in [-0.1, -0.05) is 17.7 Å². The van der Waals surface area contributed by atoms with Gasteiger partial charge in [-0.2, -0.15) is 0 Å². The first-order valence-electron chi connectivity index (χ1n) is 7.12. The molecule has 4 heteroatoms. The number of allylic oxidation sites excluding steroid dienone is 3. The zero-order chi connectivity index (χ0) is 16.9. The van der Waals surface area contributed by atoms with Crippen LogP contribution in [0.25, 0.3) is 0 Å². The largest absolute Gasteiger partial charge is 0.507 e. The molecule has 0 aliphatic heterocycles. The molecule has 1 atom stereocenters. The summed E-state index contributed by atoms with van der Waals surface area (Å²) in [5, 5.41) is 9.84. The number of ketones is 1. The lowest BCUT2D eigenvalue weighted by Gasteiger charge is -2.15. The highest BCUT2D eigenvalue weighted by molar-refractivity contribution is 6.06. The molecular formula is C18H22O4. The van der Waals surface area contributed by atoms with Gasteiger partial charge in [0, 0.05) is 5.57 Å². The van der Waals surface area contributed by atoms with Crippen molar-refractivity contribution in [1.29, 1.82) is 0 Å². The fraction of sp³-hybridized carbons (Fsp3) is 0.333. The number of carbonyl (C=O) groups excluding carboxylic acids is 2. The van der Waals surface area contributed by atoms with Crippen LogP contribution in [0.5, 0.6) is 5.75 Å². The highest BCUT2D eigenvalue weighted by Gasteiger charge is 2.16. The van der Waals surface area contributed by atoms with Gasteiger partial charge in [0.2, 0.25) is 0 Å². The number of phenolic OH excluding ortho intramolecular Hbond substituents is 1. The second kappa shape index (κ2) is 7.59. The van der Waals surface area contributed by atoms with Gasteiger partial charge < -0.3 is 9.84 Å². The minimum absolute atomic E-state index is 0.0885. The van der Waals surface area contributed by atoms with E-state index in [1.165, 1.54) is 12.1 Å². The molecule has 0 heterocycles. The van der Waals surface area contributed by atoms with Crippen LogP contribution in [-0.2, 0) is 9.53 Å². The lowest BCUT2D eigenvalue weighted by Crippen LogP contribution is -2.10. The van der Waals surface area contributed by atoms with E-state index in [2.05, 4.69) is 0 Å². The zero-order valence-electron chi connectivity index (χ0n) is 13.6. The van der Waals surface area contributed by atoms with Crippen LogP contribution in [0.1, 0.15) is 56.6 Å². The lowest BCUT2D eigenvalue weighted by atomic mass is 10.0. The summed E-state index contributed by atoms with van der Waals surface area (Å²) < 4.78 is 5.33. The first kappa shape index (κ1) is 17.7. The van der Waals surface area contributed by atoms with Gasteiger partial charge in [-0.05, 0) is 58.4 Å². The number of hydrogen-bond donors (Lipinski definition) is 1. The molecule has 1 N–H and O–H groups in total. The molecule has 0 aliphatic rings. The van der Waals surface area contributed by atoms with Gasteiger partial charge in [-0.3, -0.25) is 4.79 Å². The van der Waals surface area contributed by atoms with Gasteiger partial charge in [0.05, 0.1) is 5.56 Å². The lowest BCUT2D eigenvalue weighted by molar-refractivity contribution is -0.143. The Balaban J connectivity index is 3.05. The Morgan fingerprint density at radius 1 is 1.23 bits per heavy atom. The summed E-state index contributed by atoms with van der Waals surface area (Å²) in [6, 6.07) is 4.63. The van der Waals surface area contributed by atoms with E-state index in [4.69, 9.17) is 4.74 Å². The number of benzene rings is 1. The maximum Gasteiger partial charge on any atom is 0.333 e. The Morgan fingerprint density at radius 3 is 2.41 bits per heavy atom. The van der Waals surface area contributed by atoms with Gasteiger partial charge in [0.25, 0.3) is 0 Å². The smallest absolute Gasteiger partial charge is 0.333 e. The second-order valence-corrected chi connectivity index (χ2v) is 5.38. The van der Waals surface area contributed by atoms with Crippen LogP contribution in [0.2, 0.25) is 0 Å². The third-order valence-electron chi connectivity index (χ3n) is 3.21. The molecule has 0 amide bonds. The molecule has 0 unspecified atom stereocenters. The SMILES string of the molecule is CC=C(C)C(=O)O[C@H](C)c1ccc(O)c(C(=O)C=C(C)C)c1. The summed E-state index contributed by atoms with van der Waals surface area (Å²) in [4.78, 5) is 23.8. The summed E-state index contributed by atoms with van der Waals surface area (Å²) in [6.07, 6.45) is 2.62. The third-order valence-corrected chi connectivity index (χ3v) is 3.21. The number of ether oxygens (including phenoxy) is 1. The predicted molar refractivity (Wildman–Crippen MR) is 85.8 cm³/mol. The van der Waals surface area contributed by atoms with Crippen LogP contribution in [-0.4, -0.2) is 16.9 Å². The van der Waals surface area contributed by atoms with E-state index in [9.17, 15) is 14.7 Å². The summed E-state index contributed by atoms with van der Waals surface area (Å²) in [7, 11) is 0. The summed E-state index contributed by atoms with van der Waals surface area (Å²) >= 11 is 0. The monoisotopic (exact) mass is 302 g/mol. The first-order chi connectivity index (χ1) is 10.3. The molecule has 1 aromatic carbocycles. The molecular weight excluding hydrogens is 280 g/mol. The van der Waals surface area contributed by atoms with Gasteiger partial charge in [0.1, 0.15) is 11.9 Å². The molecule has 22 heavy (non-hydrogen) atoms. The van der Waals surface area contributed by atoms with Crippen molar-refractivity contribution in [2.45, 2.75) is 40.7 Å². The van der Waals surface area contributed by atoms with E-state index in [1.807, 2.05) is 13.8 Å². The summed E-state index contributed by atoms with van der Waals surface area (Å²) in [6.45, 7) is 8.78. The summed E-state index contributed by atoms with van der Waals surface area (Å²) in [5.41, 5.74) is 2.22. The molecule has 4 nitrogen and oxygen atoms in total. The number of hydrogen-bond acceptors (Lipinski definition) is 4. The van der Waals surface area contributed by atoms with E-state index in [-0.39, 0.29) is 17.1 Å². The number of rotatable bonds is 5. The van der Waals surface area contributed by atoms with E-state index in [0.29, 0.717) is 11.1 Å². The fourth-order valence-corrected chi connectivity index (χ4v) is 1.78. The fourth-order valence-electron chi connectivity index (χ4n) is 1.78. The minimum atomic E-state index is -0.513. The highest BCUT2D eigenvalue weighted by atomic mass is 16.5. The van der Waals surface area contributed by atoms with Crippen molar-refractivity contribution in [3.63, 3.8) is 0 Å². The van der Waals surface area contributed by atoms with Gasteiger partial charge >= 0.3 is 5.97 Å². The number of carbonyl (C=O) groups is 2. The number of phenols is 1. The van der Waals surface area contributed by atoms with E-state index in [0.717, 1.165) is 5.57 Å².